The van der Waals surface area contributed by atoms with E-state index in [1.54, 1.807) is 0 Å². The maximum absolute atomic E-state index is 12.0. The number of nitrogens with zero attached hydrogens (tertiary/aromatic N) is 1. The monoisotopic (exact) mass is 293 g/mol. The van der Waals surface area contributed by atoms with Crippen molar-refractivity contribution in [3.8, 4) is 0 Å². The summed E-state index contributed by atoms with van der Waals surface area (Å²) in [7, 11) is -1.92. The van der Waals surface area contributed by atoms with Gasteiger partial charge in [0.1, 0.15) is 0 Å². The first-order valence-corrected chi connectivity index (χ1v) is 8.18. The first-order valence-electron chi connectivity index (χ1n) is 6.57. The number of hydrogen-bond donors (Lipinski definition) is 1. The van der Waals surface area contributed by atoms with E-state index in [1.807, 2.05) is 0 Å². The molecule has 1 aliphatic heterocycles. The predicted octanol–water partition coefficient (Wildman–Crippen LogP) is 0.785. The molecule has 7 heteroatoms. The zero-order valence-corrected chi connectivity index (χ0v) is 12.4. The summed E-state index contributed by atoms with van der Waals surface area (Å²) in [5.41, 5.74) is 0. The predicted molar refractivity (Wildman–Crippen MR) is 71.4 cm³/mol. The van der Waals surface area contributed by atoms with Crippen LogP contribution in [0.3, 0.4) is 0 Å². The van der Waals surface area contributed by atoms with Gasteiger partial charge in [-0.2, -0.15) is 0 Å². The van der Waals surface area contributed by atoms with Crippen LogP contribution in [0.1, 0.15) is 26.2 Å². The highest BCUT2D eigenvalue weighted by Crippen LogP contribution is 2.20. The molecule has 1 saturated heterocycles. The van der Waals surface area contributed by atoms with Crippen molar-refractivity contribution in [2.24, 2.45) is 11.8 Å². The quantitative estimate of drug-likeness (QED) is 0.750. The molecule has 0 radical (unpaired) electrons. The van der Waals surface area contributed by atoms with Gasteiger partial charge in [0.15, 0.2) is 0 Å². The van der Waals surface area contributed by atoms with Crippen LogP contribution in [0.25, 0.3) is 0 Å². The van der Waals surface area contributed by atoms with E-state index in [0.29, 0.717) is 25.6 Å². The molecular formula is C12H23NO5S. The minimum atomic E-state index is -3.36. The highest BCUT2D eigenvalue weighted by molar-refractivity contribution is 7.89. The Morgan fingerprint density at radius 2 is 2.00 bits per heavy atom. The van der Waals surface area contributed by atoms with Crippen LogP contribution in [-0.4, -0.2) is 56.4 Å². The second-order valence-electron chi connectivity index (χ2n) is 5.18. The molecule has 0 bridgehead atoms. The van der Waals surface area contributed by atoms with Crippen molar-refractivity contribution in [3.63, 3.8) is 0 Å². The van der Waals surface area contributed by atoms with Crippen LogP contribution in [0.4, 0.5) is 0 Å². The van der Waals surface area contributed by atoms with Crippen molar-refractivity contribution in [1.82, 2.24) is 4.31 Å². The Morgan fingerprint density at radius 3 is 2.53 bits per heavy atom. The SMILES string of the molecule is CC(CN(C)S(=O)(=O)CCC1CCOCC1)C(=O)O. The second kappa shape index (κ2) is 7.21. The summed E-state index contributed by atoms with van der Waals surface area (Å²) in [4.78, 5) is 10.7. The number of hydrogen-bond acceptors (Lipinski definition) is 4. The lowest BCUT2D eigenvalue weighted by Crippen LogP contribution is -2.35. The van der Waals surface area contributed by atoms with Crippen LogP contribution in [0, 0.1) is 11.8 Å². The van der Waals surface area contributed by atoms with Gasteiger partial charge in [0.05, 0.1) is 11.7 Å². The van der Waals surface area contributed by atoms with Gasteiger partial charge >= 0.3 is 5.97 Å². The lowest BCUT2D eigenvalue weighted by molar-refractivity contribution is -0.141. The van der Waals surface area contributed by atoms with Crippen LogP contribution in [0.2, 0.25) is 0 Å². The van der Waals surface area contributed by atoms with Crippen molar-refractivity contribution >= 4 is 16.0 Å². The minimum Gasteiger partial charge on any atom is -0.481 e. The minimum absolute atomic E-state index is 0.0193. The average molecular weight is 293 g/mol. The Hall–Kier alpha value is -0.660. The first kappa shape index (κ1) is 16.4. The molecule has 1 heterocycles. The highest BCUT2D eigenvalue weighted by atomic mass is 32.2. The Balaban J connectivity index is 2.43. The van der Waals surface area contributed by atoms with E-state index in [2.05, 4.69) is 0 Å². The van der Waals surface area contributed by atoms with Gasteiger partial charge in [-0.3, -0.25) is 4.79 Å². The molecule has 0 spiro atoms. The van der Waals surface area contributed by atoms with E-state index in [9.17, 15) is 13.2 Å². The molecule has 1 atom stereocenters. The van der Waals surface area contributed by atoms with E-state index in [1.165, 1.54) is 14.0 Å². The molecule has 1 rings (SSSR count). The molecule has 19 heavy (non-hydrogen) atoms. The van der Waals surface area contributed by atoms with Crippen molar-refractivity contribution in [2.75, 3.05) is 32.6 Å². The van der Waals surface area contributed by atoms with E-state index >= 15 is 0 Å². The third-order valence-electron chi connectivity index (χ3n) is 3.55. The van der Waals surface area contributed by atoms with Crippen molar-refractivity contribution in [1.29, 1.82) is 0 Å². The zero-order valence-electron chi connectivity index (χ0n) is 11.5. The fourth-order valence-corrected chi connectivity index (χ4v) is 3.48. The second-order valence-corrected chi connectivity index (χ2v) is 7.38. The number of rotatable bonds is 7. The van der Waals surface area contributed by atoms with Gasteiger partial charge < -0.3 is 9.84 Å². The molecule has 1 N–H and O–H groups in total. The number of carbonyl (C=O) groups is 1. The summed E-state index contributed by atoms with van der Waals surface area (Å²) in [5.74, 6) is -1.19. The van der Waals surface area contributed by atoms with Crippen molar-refractivity contribution in [3.05, 3.63) is 0 Å². The van der Waals surface area contributed by atoms with Crippen molar-refractivity contribution < 1.29 is 23.1 Å². The van der Waals surface area contributed by atoms with Gasteiger partial charge in [-0.25, -0.2) is 12.7 Å². The molecule has 1 aliphatic rings. The molecule has 0 aromatic rings. The Morgan fingerprint density at radius 1 is 1.42 bits per heavy atom. The zero-order chi connectivity index (χ0) is 14.5. The summed E-state index contributed by atoms with van der Waals surface area (Å²) >= 11 is 0. The number of ether oxygens (including phenoxy) is 1. The van der Waals surface area contributed by atoms with Gasteiger partial charge in [-0.15, -0.1) is 0 Å². The standard InChI is InChI=1S/C12H23NO5S/c1-10(12(14)15)9-13(2)19(16,17)8-5-11-3-6-18-7-4-11/h10-11H,3-9H2,1-2H3,(H,14,15). The Labute approximate surface area is 114 Å². The molecular weight excluding hydrogens is 270 g/mol. The maximum atomic E-state index is 12.0. The molecule has 1 unspecified atom stereocenters. The molecule has 112 valence electrons. The van der Waals surface area contributed by atoms with Gasteiger partial charge in [-0.05, 0) is 25.2 Å². The molecule has 1 fully saturated rings. The third-order valence-corrected chi connectivity index (χ3v) is 5.40. The van der Waals surface area contributed by atoms with Crippen LogP contribution in [-0.2, 0) is 19.6 Å². The fraction of sp³-hybridized carbons (Fsp3) is 0.917. The topological polar surface area (TPSA) is 83.9 Å². The van der Waals surface area contributed by atoms with E-state index in [4.69, 9.17) is 9.84 Å². The van der Waals surface area contributed by atoms with Gasteiger partial charge in [0, 0.05) is 26.8 Å². The Kier molecular flexibility index (Phi) is 6.22. The van der Waals surface area contributed by atoms with Gasteiger partial charge in [0.25, 0.3) is 0 Å². The van der Waals surface area contributed by atoms with E-state index in [0.717, 1.165) is 17.1 Å². The van der Waals surface area contributed by atoms with Crippen LogP contribution in [0.5, 0.6) is 0 Å². The smallest absolute Gasteiger partial charge is 0.307 e. The van der Waals surface area contributed by atoms with Gasteiger partial charge in [-0.1, -0.05) is 6.92 Å². The van der Waals surface area contributed by atoms with Crippen LogP contribution >= 0.6 is 0 Å². The number of carboxylic acids is 1. The summed E-state index contributed by atoms with van der Waals surface area (Å²) in [6.07, 6.45) is 2.44. The maximum Gasteiger partial charge on any atom is 0.307 e. The third kappa shape index (κ3) is 5.46. The fourth-order valence-electron chi connectivity index (χ4n) is 2.08. The lowest BCUT2D eigenvalue weighted by atomic mass is 9.98. The molecule has 0 aromatic heterocycles. The summed E-state index contributed by atoms with van der Waals surface area (Å²) in [6, 6.07) is 0. The lowest BCUT2D eigenvalue weighted by Gasteiger charge is -2.24. The van der Waals surface area contributed by atoms with E-state index in [-0.39, 0.29) is 12.3 Å². The molecule has 0 aliphatic carbocycles. The van der Waals surface area contributed by atoms with Crippen molar-refractivity contribution in [2.45, 2.75) is 26.2 Å². The van der Waals surface area contributed by atoms with Crippen LogP contribution in [0.15, 0.2) is 0 Å². The average Bonchev–Trinajstić information content (AvgIpc) is 2.37. The number of carboxylic acid groups (broad SMARTS) is 1. The Bertz CT molecular complexity index is 389. The summed E-state index contributed by atoms with van der Waals surface area (Å²) in [5, 5.41) is 8.79. The first-order chi connectivity index (χ1) is 8.83. The molecule has 6 nitrogen and oxygen atoms in total. The summed E-state index contributed by atoms with van der Waals surface area (Å²) in [6.45, 7) is 2.94. The molecule has 0 aromatic carbocycles. The molecule has 0 saturated carbocycles. The normalized spacial score (nSPS) is 19.5. The highest BCUT2D eigenvalue weighted by Gasteiger charge is 2.24. The summed E-state index contributed by atoms with van der Waals surface area (Å²) < 4.78 is 30.5. The number of aliphatic carboxylic acids is 1. The number of sulfonamides is 1. The van der Waals surface area contributed by atoms with Crippen LogP contribution < -0.4 is 0 Å². The van der Waals surface area contributed by atoms with E-state index < -0.39 is 21.9 Å². The molecule has 0 amide bonds. The van der Waals surface area contributed by atoms with Gasteiger partial charge in [0.2, 0.25) is 10.0 Å². The largest absolute Gasteiger partial charge is 0.481 e.